The molecule has 2 nitrogen and oxygen atoms in total. The number of hydrogen-bond acceptors (Lipinski definition) is 2. The van der Waals surface area contributed by atoms with Crippen LogP contribution in [-0.2, 0) is 0 Å². The molecule has 0 saturated carbocycles. The topological polar surface area (TPSA) is 52.0 Å². The van der Waals surface area contributed by atoms with E-state index >= 15 is 0 Å². The predicted molar refractivity (Wildman–Crippen MR) is 53.6 cm³/mol. The van der Waals surface area contributed by atoms with Crippen LogP contribution in [0.4, 0.5) is 0 Å². The molecule has 68 valence electrons. The number of unbranched alkanes of at least 4 members (excludes halogenated alkanes) is 2. The minimum atomic E-state index is -2.22. The molecule has 11 heavy (non-hydrogen) atoms. The zero-order valence-electron chi connectivity index (χ0n) is 7.90. The van der Waals surface area contributed by atoms with Crippen LogP contribution in [0.15, 0.2) is 0 Å². The molecule has 0 radical (unpaired) electrons. The van der Waals surface area contributed by atoms with E-state index < -0.39 is 13.7 Å². The first-order chi connectivity index (χ1) is 5.12. The fourth-order valence-corrected chi connectivity index (χ4v) is 5.91. The summed E-state index contributed by atoms with van der Waals surface area (Å²) in [6.07, 6.45) is 4.93. The Kier molecular flexibility index (Phi) is 6.29. The molecule has 0 spiro atoms. The van der Waals surface area contributed by atoms with Crippen molar-refractivity contribution in [3.05, 3.63) is 0 Å². The Balaban J connectivity index is 3.43. The third-order valence-corrected chi connectivity index (χ3v) is 7.38. The van der Waals surface area contributed by atoms with Crippen molar-refractivity contribution >= 4 is 13.7 Å². The van der Waals surface area contributed by atoms with Gasteiger partial charge in [0.15, 0.2) is 0 Å². The van der Waals surface area contributed by atoms with Crippen LogP contribution in [0.2, 0.25) is 10.5 Å². The fourth-order valence-electron chi connectivity index (χ4n) is 1.14. The Hall–Kier alpha value is 0.463. The van der Waals surface area contributed by atoms with Crippen molar-refractivity contribution in [3.8, 4) is 0 Å². The first-order valence-electron chi connectivity index (χ1n) is 4.70. The predicted octanol–water partition coefficient (Wildman–Crippen LogP) is 1.95. The summed E-state index contributed by atoms with van der Waals surface area (Å²) >= 11 is -2.22. The van der Waals surface area contributed by atoms with E-state index in [1.165, 1.54) is 25.7 Å². The van der Waals surface area contributed by atoms with Gasteiger partial charge in [-0.25, -0.2) is 0 Å². The van der Waals surface area contributed by atoms with Crippen LogP contribution < -0.4 is 9.38 Å². The summed E-state index contributed by atoms with van der Waals surface area (Å²) in [5.41, 5.74) is 0. The van der Waals surface area contributed by atoms with Crippen LogP contribution >= 0.6 is 0 Å². The molecule has 0 fully saturated rings. The standard InChI is InChI=1S/C8H22GeN2/c1-3-5-7-9(10,11)8-6-4-2/h3-8,10-11H2,1-2H3. The van der Waals surface area contributed by atoms with Crippen molar-refractivity contribution in [2.45, 2.75) is 50.0 Å². The van der Waals surface area contributed by atoms with Gasteiger partial charge < -0.3 is 0 Å². The van der Waals surface area contributed by atoms with Crippen molar-refractivity contribution in [1.82, 2.24) is 0 Å². The minimum absolute atomic E-state index is 1.15. The summed E-state index contributed by atoms with van der Waals surface area (Å²) in [6.45, 7) is 4.39. The van der Waals surface area contributed by atoms with Crippen LogP contribution in [0.3, 0.4) is 0 Å². The Morgan fingerprint density at radius 3 is 1.55 bits per heavy atom. The molecule has 0 unspecified atom stereocenters. The van der Waals surface area contributed by atoms with Crippen molar-refractivity contribution in [1.29, 1.82) is 0 Å². The van der Waals surface area contributed by atoms with Gasteiger partial charge in [0.2, 0.25) is 0 Å². The van der Waals surface area contributed by atoms with Crippen molar-refractivity contribution in [2.75, 3.05) is 0 Å². The Labute approximate surface area is 73.5 Å². The summed E-state index contributed by atoms with van der Waals surface area (Å²) in [5.74, 6) is 0. The number of rotatable bonds is 6. The summed E-state index contributed by atoms with van der Waals surface area (Å²) in [4.78, 5) is 0. The maximum absolute atomic E-state index is 6.05. The van der Waals surface area contributed by atoms with Crippen LogP contribution in [0.25, 0.3) is 0 Å². The molecule has 0 atom stereocenters. The van der Waals surface area contributed by atoms with Gasteiger partial charge in [-0.2, -0.15) is 0 Å². The van der Waals surface area contributed by atoms with Crippen molar-refractivity contribution < 1.29 is 0 Å². The molecule has 0 bridgehead atoms. The molecule has 0 saturated heterocycles. The first-order valence-corrected chi connectivity index (χ1v) is 10.1. The summed E-state index contributed by atoms with van der Waals surface area (Å²) < 4.78 is 12.1. The third-order valence-electron chi connectivity index (χ3n) is 1.99. The molecular formula is C8H22GeN2. The molecule has 0 aliphatic carbocycles. The van der Waals surface area contributed by atoms with Gasteiger partial charge in [-0.15, -0.1) is 0 Å². The quantitative estimate of drug-likeness (QED) is 0.670. The van der Waals surface area contributed by atoms with Crippen LogP contribution in [-0.4, -0.2) is 13.7 Å². The zero-order valence-corrected chi connectivity index (χ0v) is 10.00. The average molecular weight is 219 g/mol. The molecule has 0 amide bonds. The van der Waals surface area contributed by atoms with Gasteiger partial charge >= 0.3 is 73.1 Å². The van der Waals surface area contributed by atoms with Gasteiger partial charge in [0.25, 0.3) is 0 Å². The van der Waals surface area contributed by atoms with E-state index in [1.807, 2.05) is 0 Å². The number of hydrogen-bond donors (Lipinski definition) is 2. The van der Waals surface area contributed by atoms with E-state index in [0.29, 0.717) is 0 Å². The molecular weight excluding hydrogens is 197 g/mol. The maximum atomic E-state index is 6.05. The zero-order chi connectivity index (χ0) is 8.74. The van der Waals surface area contributed by atoms with Gasteiger partial charge in [0.1, 0.15) is 0 Å². The van der Waals surface area contributed by atoms with Gasteiger partial charge in [0, 0.05) is 0 Å². The van der Waals surface area contributed by atoms with E-state index in [-0.39, 0.29) is 0 Å². The van der Waals surface area contributed by atoms with Gasteiger partial charge in [-0.3, -0.25) is 0 Å². The Bertz CT molecular complexity index is 84.1. The molecule has 0 rings (SSSR count). The average Bonchev–Trinajstić information content (AvgIpc) is 1.97. The van der Waals surface area contributed by atoms with Crippen LogP contribution in [0.5, 0.6) is 0 Å². The summed E-state index contributed by atoms with van der Waals surface area (Å²) in [7, 11) is 0. The molecule has 3 heteroatoms. The first kappa shape index (κ1) is 11.5. The van der Waals surface area contributed by atoms with Gasteiger partial charge in [0.05, 0.1) is 0 Å². The van der Waals surface area contributed by atoms with Crippen LogP contribution in [0, 0.1) is 0 Å². The Morgan fingerprint density at radius 1 is 0.909 bits per heavy atom. The van der Waals surface area contributed by atoms with Crippen molar-refractivity contribution in [2.24, 2.45) is 9.38 Å². The molecule has 4 N–H and O–H groups in total. The molecule has 0 aromatic heterocycles. The summed E-state index contributed by atoms with van der Waals surface area (Å²) in [5, 5.41) is 2.30. The van der Waals surface area contributed by atoms with E-state index in [4.69, 9.17) is 9.38 Å². The fraction of sp³-hybridized carbons (Fsp3) is 1.00. The van der Waals surface area contributed by atoms with E-state index in [0.717, 1.165) is 10.5 Å². The second kappa shape index (κ2) is 6.03. The van der Waals surface area contributed by atoms with E-state index in [2.05, 4.69) is 13.8 Å². The molecule has 0 heterocycles. The molecule has 0 aromatic rings. The number of nitrogens with two attached hydrogens (primary N) is 2. The summed E-state index contributed by atoms with van der Waals surface area (Å²) in [6, 6.07) is 0. The molecule has 0 aliphatic rings. The second-order valence-corrected chi connectivity index (χ2v) is 10.7. The van der Waals surface area contributed by atoms with Crippen LogP contribution in [0.1, 0.15) is 39.5 Å². The molecule has 0 aromatic carbocycles. The van der Waals surface area contributed by atoms with Crippen molar-refractivity contribution in [3.63, 3.8) is 0 Å². The van der Waals surface area contributed by atoms with E-state index in [1.54, 1.807) is 0 Å². The second-order valence-electron chi connectivity index (χ2n) is 3.44. The normalized spacial score (nSPS) is 12.0. The third kappa shape index (κ3) is 6.85. The SMILES string of the molecule is CCC[CH2][Ge]([NH2])([NH2])[CH2]CCC. The van der Waals surface area contributed by atoms with E-state index in [9.17, 15) is 0 Å². The van der Waals surface area contributed by atoms with Gasteiger partial charge in [-0.05, 0) is 0 Å². The molecule has 0 aliphatic heterocycles. The monoisotopic (exact) mass is 220 g/mol. The van der Waals surface area contributed by atoms with Gasteiger partial charge in [-0.1, -0.05) is 0 Å². The Morgan fingerprint density at radius 2 is 1.27 bits per heavy atom.